The molecule has 0 atom stereocenters. The van der Waals surface area contributed by atoms with Crippen LogP contribution in [0.15, 0.2) is 18.2 Å². The van der Waals surface area contributed by atoms with E-state index in [2.05, 4.69) is 0 Å². The highest BCUT2D eigenvalue weighted by Gasteiger charge is 2.19. The highest BCUT2D eigenvalue weighted by atomic mass is 19.1. The molecule has 0 aromatic heterocycles. The van der Waals surface area contributed by atoms with E-state index in [9.17, 15) is 14.0 Å². The van der Waals surface area contributed by atoms with Crippen molar-refractivity contribution in [1.29, 1.82) is 0 Å². The van der Waals surface area contributed by atoms with Crippen molar-refractivity contribution >= 4 is 11.9 Å². The summed E-state index contributed by atoms with van der Waals surface area (Å²) in [7, 11) is 0. The summed E-state index contributed by atoms with van der Waals surface area (Å²) in [6.07, 6.45) is 0.708. The van der Waals surface area contributed by atoms with Crippen molar-refractivity contribution in [2.24, 2.45) is 0 Å². The second-order valence-corrected chi connectivity index (χ2v) is 4.55. The second-order valence-electron chi connectivity index (χ2n) is 4.55. The van der Waals surface area contributed by atoms with Gasteiger partial charge in [0.05, 0.1) is 6.61 Å². The number of rotatable bonds is 6. The van der Waals surface area contributed by atoms with Gasteiger partial charge in [0.2, 0.25) is 0 Å². The Kier molecular flexibility index (Phi) is 6.15. The van der Waals surface area contributed by atoms with E-state index in [4.69, 9.17) is 4.74 Å². The summed E-state index contributed by atoms with van der Waals surface area (Å²) in [5.41, 5.74) is 0.918. The quantitative estimate of drug-likeness (QED) is 0.753. The largest absolute Gasteiger partial charge is 0.465 e. The summed E-state index contributed by atoms with van der Waals surface area (Å²) in [6, 6.07) is 4.15. The van der Waals surface area contributed by atoms with Gasteiger partial charge in [-0.15, -0.1) is 0 Å². The number of aryl methyl sites for hydroxylation is 1. The molecule has 0 fully saturated rings. The number of carbonyl (C=O) groups is 2. The van der Waals surface area contributed by atoms with Gasteiger partial charge in [-0.05, 0) is 44.0 Å². The first-order valence-corrected chi connectivity index (χ1v) is 6.70. The topological polar surface area (TPSA) is 46.6 Å². The van der Waals surface area contributed by atoms with Crippen LogP contribution in [0.1, 0.15) is 36.2 Å². The Morgan fingerprint density at radius 2 is 1.95 bits per heavy atom. The first kappa shape index (κ1) is 16.1. The average molecular weight is 281 g/mol. The van der Waals surface area contributed by atoms with Crippen molar-refractivity contribution in [3.05, 3.63) is 35.1 Å². The average Bonchev–Trinajstić information content (AvgIpc) is 2.36. The summed E-state index contributed by atoms with van der Waals surface area (Å²) >= 11 is 0. The SMILES string of the molecule is CCCN(CC(=O)OCC)C(=O)c1cc(C)cc(F)c1. The zero-order valence-corrected chi connectivity index (χ0v) is 12.1. The number of nitrogens with zero attached hydrogens (tertiary/aromatic N) is 1. The zero-order chi connectivity index (χ0) is 15.1. The number of hydrogen-bond donors (Lipinski definition) is 0. The molecule has 0 N–H and O–H groups in total. The first-order valence-electron chi connectivity index (χ1n) is 6.70. The highest BCUT2D eigenvalue weighted by Crippen LogP contribution is 2.11. The predicted molar refractivity (Wildman–Crippen MR) is 74.0 cm³/mol. The fourth-order valence-electron chi connectivity index (χ4n) is 1.93. The normalized spacial score (nSPS) is 10.2. The highest BCUT2D eigenvalue weighted by molar-refractivity contribution is 5.96. The molecule has 0 aliphatic rings. The van der Waals surface area contributed by atoms with Crippen molar-refractivity contribution in [3.8, 4) is 0 Å². The number of benzene rings is 1. The van der Waals surface area contributed by atoms with Crippen molar-refractivity contribution in [2.75, 3.05) is 19.7 Å². The van der Waals surface area contributed by atoms with Crippen molar-refractivity contribution < 1.29 is 18.7 Å². The van der Waals surface area contributed by atoms with Crippen molar-refractivity contribution in [3.63, 3.8) is 0 Å². The Labute approximate surface area is 118 Å². The maximum atomic E-state index is 13.4. The van der Waals surface area contributed by atoms with Crippen LogP contribution in [-0.2, 0) is 9.53 Å². The lowest BCUT2D eigenvalue weighted by molar-refractivity contribution is -0.143. The Morgan fingerprint density at radius 3 is 2.50 bits per heavy atom. The molecule has 1 aromatic rings. The molecule has 110 valence electrons. The van der Waals surface area contributed by atoms with E-state index in [-0.39, 0.29) is 24.6 Å². The molecule has 4 nitrogen and oxygen atoms in total. The lowest BCUT2D eigenvalue weighted by Crippen LogP contribution is -2.37. The van der Waals surface area contributed by atoms with Crippen LogP contribution in [0.4, 0.5) is 4.39 Å². The Hall–Kier alpha value is -1.91. The van der Waals surface area contributed by atoms with Crippen LogP contribution in [0.25, 0.3) is 0 Å². The molecular weight excluding hydrogens is 261 g/mol. The molecular formula is C15H20FNO3. The summed E-state index contributed by atoms with van der Waals surface area (Å²) in [5, 5.41) is 0. The van der Waals surface area contributed by atoms with Gasteiger partial charge in [-0.25, -0.2) is 4.39 Å². The molecule has 0 unspecified atom stereocenters. The van der Waals surface area contributed by atoms with Crippen molar-refractivity contribution in [1.82, 2.24) is 4.90 Å². The van der Waals surface area contributed by atoms with Gasteiger partial charge in [0.15, 0.2) is 0 Å². The number of amides is 1. The van der Waals surface area contributed by atoms with Gasteiger partial charge in [-0.3, -0.25) is 9.59 Å². The molecule has 0 aliphatic heterocycles. The molecule has 0 saturated carbocycles. The molecule has 1 amide bonds. The molecule has 0 radical (unpaired) electrons. The minimum atomic E-state index is -0.457. The van der Waals surface area contributed by atoms with Gasteiger partial charge in [0.1, 0.15) is 12.4 Å². The Balaban J connectivity index is 2.89. The third kappa shape index (κ3) is 4.64. The molecule has 0 aliphatic carbocycles. The fraction of sp³-hybridized carbons (Fsp3) is 0.467. The molecule has 0 heterocycles. The number of halogens is 1. The fourth-order valence-corrected chi connectivity index (χ4v) is 1.93. The summed E-state index contributed by atoms with van der Waals surface area (Å²) < 4.78 is 18.2. The second kappa shape index (κ2) is 7.62. The van der Waals surface area contributed by atoms with Crippen LogP contribution in [0.3, 0.4) is 0 Å². The van der Waals surface area contributed by atoms with Crippen LogP contribution < -0.4 is 0 Å². The molecule has 1 aromatic carbocycles. The van der Waals surface area contributed by atoms with Crippen LogP contribution >= 0.6 is 0 Å². The number of hydrogen-bond acceptors (Lipinski definition) is 3. The summed E-state index contributed by atoms with van der Waals surface area (Å²) in [6.45, 7) is 5.91. The van der Waals surface area contributed by atoms with Crippen molar-refractivity contribution in [2.45, 2.75) is 27.2 Å². The van der Waals surface area contributed by atoms with E-state index in [1.54, 1.807) is 19.9 Å². The van der Waals surface area contributed by atoms with Crippen LogP contribution in [0, 0.1) is 12.7 Å². The standard InChI is InChI=1S/C15H20FNO3/c1-4-6-17(10-14(18)20-5-2)15(19)12-7-11(3)8-13(16)9-12/h7-9H,4-6,10H2,1-3H3. The van der Waals surface area contributed by atoms with Crippen LogP contribution in [0.5, 0.6) is 0 Å². The van der Waals surface area contributed by atoms with Gasteiger partial charge >= 0.3 is 5.97 Å². The molecule has 5 heteroatoms. The minimum Gasteiger partial charge on any atom is -0.465 e. The Morgan fingerprint density at radius 1 is 1.25 bits per heavy atom. The van der Waals surface area contributed by atoms with E-state index in [1.165, 1.54) is 17.0 Å². The number of carbonyl (C=O) groups excluding carboxylic acids is 2. The van der Waals surface area contributed by atoms with Crippen LogP contribution in [0.2, 0.25) is 0 Å². The molecule has 1 rings (SSSR count). The van der Waals surface area contributed by atoms with E-state index in [1.807, 2.05) is 6.92 Å². The van der Waals surface area contributed by atoms with E-state index < -0.39 is 11.8 Å². The molecule has 0 saturated heterocycles. The minimum absolute atomic E-state index is 0.115. The summed E-state index contributed by atoms with van der Waals surface area (Å²) in [5.74, 6) is -1.27. The van der Waals surface area contributed by atoms with Gasteiger partial charge in [0, 0.05) is 12.1 Å². The lowest BCUT2D eigenvalue weighted by atomic mass is 10.1. The monoisotopic (exact) mass is 281 g/mol. The summed E-state index contributed by atoms with van der Waals surface area (Å²) in [4.78, 5) is 25.2. The number of esters is 1. The van der Waals surface area contributed by atoms with E-state index in [0.717, 1.165) is 0 Å². The molecule has 0 spiro atoms. The first-order chi connectivity index (χ1) is 9.47. The maximum absolute atomic E-state index is 13.4. The third-order valence-corrected chi connectivity index (χ3v) is 2.70. The zero-order valence-electron chi connectivity index (χ0n) is 12.1. The van der Waals surface area contributed by atoms with Gasteiger partial charge < -0.3 is 9.64 Å². The Bertz CT molecular complexity index is 468. The molecule has 20 heavy (non-hydrogen) atoms. The van der Waals surface area contributed by atoms with Gasteiger partial charge in [-0.2, -0.15) is 0 Å². The van der Waals surface area contributed by atoms with Crippen LogP contribution in [-0.4, -0.2) is 36.5 Å². The predicted octanol–water partition coefficient (Wildman–Crippen LogP) is 2.55. The smallest absolute Gasteiger partial charge is 0.325 e. The molecule has 0 bridgehead atoms. The number of ether oxygens (including phenoxy) is 1. The van der Waals surface area contributed by atoms with E-state index >= 15 is 0 Å². The third-order valence-electron chi connectivity index (χ3n) is 2.70. The van der Waals surface area contributed by atoms with Gasteiger partial charge in [0.25, 0.3) is 5.91 Å². The lowest BCUT2D eigenvalue weighted by Gasteiger charge is -2.21. The maximum Gasteiger partial charge on any atom is 0.325 e. The van der Waals surface area contributed by atoms with Gasteiger partial charge in [-0.1, -0.05) is 6.92 Å². The van der Waals surface area contributed by atoms with E-state index in [0.29, 0.717) is 18.5 Å².